The van der Waals surface area contributed by atoms with Crippen LogP contribution in [-0.2, 0) is 32.2 Å². The molecule has 1 heterocycles. The fourth-order valence-electron chi connectivity index (χ4n) is 2.45. The summed E-state index contributed by atoms with van der Waals surface area (Å²) >= 11 is 0. The molecule has 0 N–H and O–H groups in total. The van der Waals surface area contributed by atoms with Gasteiger partial charge in [-0.15, -0.1) is 0 Å². The minimum Gasteiger partial charge on any atom is -0.372 e. The molecule has 8 heteroatoms. The molecular weight excluding hydrogens is 332 g/mol. The fourth-order valence-corrected chi connectivity index (χ4v) is 4.66. The van der Waals surface area contributed by atoms with Crippen molar-refractivity contribution in [1.29, 1.82) is 0 Å². The van der Waals surface area contributed by atoms with Gasteiger partial charge in [0.1, 0.15) is 6.23 Å². The van der Waals surface area contributed by atoms with Gasteiger partial charge >= 0.3 is 8.80 Å². The summed E-state index contributed by atoms with van der Waals surface area (Å²) in [4.78, 5) is 0. The van der Waals surface area contributed by atoms with Gasteiger partial charge < -0.3 is 27.5 Å². The van der Waals surface area contributed by atoms with Gasteiger partial charge in [-0.2, -0.15) is 0 Å². The van der Waals surface area contributed by atoms with Crippen LogP contribution >= 0.6 is 0 Å². The van der Waals surface area contributed by atoms with Crippen molar-refractivity contribution in [3.8, 4) is 0 Å². The molecule has 1 unspecified atom stereocenters. The average Bonchev–Trinajstić information content (AvgIpc) is 2.60. The first-order valence-electron chi connectivity index (χ1n) is 9.08. The van der Waals surface area contributed by atoms with E-state index in [1.165, 1.54) is 0 Å². The molecule has 0 saturated carbocycles. The summed E-state index contributed by atoms with van der Waals surface area (Å²) in [5, 5.41) is 0. The molecule has 1 rings (SSSR count). The van der Waals surface area contributed by atoms with Crippen molar-refractivity contribution in [2.75, 3.05) is 39.3 Å². The number of rotatable bonds is 13. The molecule has 0 spiro atoms. The van der Waals surface area contributed by atoms with E-state index in [9.17, 15) is 0 Å². The molecule has 144 valence electrons. The van der Waals surface area contributed by atoms with E-state index in [0.29, 0.717) is 45.9 Å². The second-order valence-electron chi connectivity index (χ2n) is 5.34. The molecule has 1 atom stereocenters. The van der Waals surface area contributed by atoms with Gasteiger partial charge in [0.25, 0.3) is 5.97 Å². The van der Waals surface area contributed by atoms with E-state index in [1.807, 2.05) is 34.6 Å². The largest absolute Gasteiger partial charge is 0.528 e. The highest BCUT2D eigenvalue weighted by Crippen LogP contribution is 2.27. The summed E-state index contributed by atoms with van der Waals surface area (Å²) < 4.78 is 40.8. The van der Waals surface area contributed by atoms with E-state index in [2.05, 4.69) is 0 Å². The maximum Gasteiger partial charge on any atom is 0.528 e. The van der Waals surface area contributed by atoms with Gasteiger partial charge in [0, 0.05) is 26.2 Å². The van der Waals surface area contributed by atoms with Gasteiger partial charge in [0.15, 0.2) is 6.29 Å². The third-order valence-electron chi connectivity index (χ3n) is 3.55. The summed E-state index contributed by atoms with van der Waals surface area (Å²) in [6.07, 6.45) is 1.89. The van der Waals surface area contributed by atoms with Crippen LogP contribution in [0.1, 0.15) is 53.9 Å². The van der Waals surface area contributed by atoms with Crippen LogP contribution in [0.4, 0.5) is 0 Å². The zero-order valence-corrected chi connectivity index (χ0v) is 16.8. The molecule has 24 heavy (non-hydrogen) atoms. The fraction of sp³-hybridized carbons (Fsp3) is 1.00. The lowest BCUT2D eigenvalue weighted by Gasteiger charge is -2.38. The van der Waals surface area contributed by atoms with Crippen molar-refractivity contribution < 1.29 is 32.2 Å². The molecule has 0 aromatic carbocycles. The van der Waals surface area contributed by atoms with Crippen molar-refractivity contribution in [3.05, 3.63) is 0 Å². The minimum atomic E-state index is -2.86. The Morgan fingerprint density at radius 3 is 1.88 bits per heavy atom. The lowest BCUT2D eigenvalue weighted by atomic mass is 10.3. The van der Waals surface area contributed by atoms with Gasteiger partial charge in [0.2, 0.25) is 0 Å². The third-order valence-corrected chi connectivity index (χ3v) is 6.25. The molecule has 1 fully saturated rings. The molecule has 1 aliphatic rings. The summed E-state index contributed by atoms with van der Waals surface area (Å²) in [6.45, 7) is 12.5. The Hall–Kier alpha value is -0.0631. The van der Waals surface area contributed by atoms with E-state index in [1.54, 1.807) is 0 Å². The standard InChI is InChI=1S/C16H34O7Si/c1-6-15(23-16(7-2)18-12-11-13-19-16)17-14-24(20-8-3,21-9-4)22-10-5/h15H,6-14H2,1-5H3. The Balaban J connectivity index is 2.67. The first-order chi connectivity index (χ1) is 11.6. The molecule has 0 amide bonds. The second-order valence-corrected chi connectivity index (χ2v) is 7.86. The molecule has 0 aromatic heterocycles. The van der Waals surface area contributed by atoms with Crippen LogP contribution in [0.3, 0.4) is 0 Å². The highest BCUT2D eigenvalue weighted by molar-refractivity contribution is 6.60. The van der Waals surface area contributed by atoms with Crippen molar-refractivity contribution in [3.63, 3.8) is 0 Å². The predicted octanol–water partition coefficient (Wildman–Crippen LogP) is 2.84. The summed E-state index contributed by atoms with van der Waals surface area (Å²) in [6, 6.07) is 0. The highest BCUT2D eigenvalue weighted by atomic mass is 28.4. The highest BCUT2D eigenvalue weighted by Gasteiger charge is 2.43. The molecular formula is C16H34O7Si. The average molecular weight is 367 g/mol. The van der Waals surface area contributed by atoms with Crippen LogP contribution in [0, 0.1) is 0 Å². The summed E-state index contributed by atoms with van der Waals surface area (Å²) in [5.74, 6) is -1.02. The summed E-state index contributed by atoms with van der Waals surface area (Å²) in [7, 11) is -2.86. The SMILES string of the molecule is CCO[Si](COC(CC)OC1(CC)OCCCO1)(OCC)OCC. The molecule has 0 aliphatic carbocycles. The van der Waals surface area contributed by atoms with E-state index >= 15 is 0 Å². The summed E-state index contributed by atoms with van der Waals surface area (Å²) in [5.41, 5.74) is 0. The van der Waals surface area contributed by atoms with E-state index < -0.39 is 21.1 Å². The van der Waals surface area contributed by atoms with Crippen LogP contribution in [0.25, 0.3) is 0 Å². The first kappa shape index (κ1) is 22.0. The Labute approximate surface area is 147 Å². The van der Waals surface area contributed by atoms with Gasteiger partial charge in [-0.05, 0) is 33.6 Å². The molecule has 0 bridgehead atoms. The molecule has 0 aromatic rings. The Morgan fingerprint density at radius 1 is 0.917 bits per heavy atom. The Kier molecular flexibility index (Phi) is 10.6. The monoisotopic (exact) mass is 366 g/mol. The van der Waals surface area contributed by atoms with Crippen molar-refractivity contribution in [2.24, 2.45) is 0 Å². The number of hydrogen-bond donors (Lipinski definition) is 0. The normalized spacial score (nSPS) is 19.4. The Morgan fingerprint density at radius 2 is 1.46 bits per heavy atom. The second kappa shape index (κ2) is 11.5. The molecule has 1 aliphatic heterocycles. The van der Waals surface area contributed by atoms with Gasteiger partial charge in [-0.1, -0.05) is 13.8 Å². The number of ether oxygens (including phenoxy) is 4. The van der Waals surface area contributed by atoms with Crippen LogP contribution in [0.5, 0.6) is 0 Å². The van der Waals surface area contributed by atoms with E-state index in [-0.39, 0.29) is 6.23 Å². The zero-order valence-electron chi connectivity index (χ0n) is 15.8. The van der Waals surface area contributed by atoms with E-state index in [4.69, 9.17) is 32.2 Å². The van der Waals surface area contributed by atoms with Gasteiger partial charge in [-0.3, -0.25) is 4.74 Å². The number of hydrogen-bond acceptors (Lipinski definition) is 7. The maximum atomic E-state index is 6.00. The minimum absolute atomic E-state index is 0.237. The lowest BCUT2D eigenvalue weighted by Crippen LogP contribution is -2.53. The molecule has 7 nitrogen and oxygen atoms in total. The van der Waals surface area contributed by atoms with Crippen LogP contribution < -0.4 is 0 Å². The van der Waals surface area contributed by atoms with Crippen LogP contribution in [0.2, 0.25) is 0 Å². The zero-order chi connectivity index (χ0) is 17.9. The lowest BCUT2D eigenvalue weighted by molar-refractivity contribution is -0.434. The van der Waals surface area contributed by atoms with Gasteiger partial charge in [0.05, 0.1) is 13.2 Å². The quantitative estimate of drug-likeness (QED) is 0.367. The molecule has 0 radical (unpaired) electrons. The maximum absolute atomic E-state index is 6.00. The predicted molar refractivity (Wildman–Crippen MR) is 91.3 cm³/mol. The van der Waals surface area contributed by atoms with Crippen LogP contribution in [0.15, 0.2) is 0 Å². The van der Waals surface area contributed by atoms with Crippen LogP contribution in [-0.4, -0.2) is 60.3 Å². The van der Waals surface area contributed by atoms with Crippen molar-refractivity contribution in [2.45, 2.75) is 66.1 Å². The van der Waals surface area contributed by atoms with E-state index in [0.717, 1.165) is 6.42 Å². The van der Waals surface area contributed by atoms with Crippen molar-refractivity contribution >= 4 is 8.80 Å². The Bertz CT molecular complexity index is 307. The first-order valence-corrected chi connectivity index (χ1v) is 11.0. The van der Waals surface area contributed by atoms with Gasteiger partial charge in [-0.25, -0.2) is 0 Å². The molecule has 1 saturated heterocycles. The third kappa shape index (κ3) is 6.68. The smallest absolute Gasteiger partial charge is 0.372 e. The topological polar surface area (TPSA) is 64.6 Å². The van der Waals surface area contributed by atoms with Crippen molar-refractivity contribution in [1.82, 2.24) is 0 Å².